The summed E-state index contributed by atoms with van der Waals surface area (Å²) < 4.78 is 5.74. The molecule has 0 fully saturated rings. The van der Waals surface area contributed by atoms with E-state index >= 15 is 0 Å². The molecule has 0 saturated heterocycles. The van der Waals surface area contributed by atoms with E-state index in [1.807, 2.05) is 31.2 Å². The molecule has 0 heterocycles. The third kappa shape index (κ3) is 4.56. The molecular weight excluding hydrogens is 240 g/mol. The number of benzene rings is 1. The van der Waals surface area contributed by atoms with Gasteiger partial charge in [-0.15, -0.1) is 0 Å². The van der Waals surface area contributed by atoms with Crippen LogP contribution < -0.4 is 15.8 Å². The Labute approximate surface area is 115 Å². The summed E-state index contributed by atoms with van der Waals surface area (Å²) in [6, 6.07) is 7.94. The van der Waals surface area contributed by atoms with E-state index in [2.05, 4.69) is 19.2 Å². The largest absolute Gasteiger partial charge is 0.480 e. The molecule has 0 aliphatic carbocycles. The first-order valence-electron chi connectivity index (χ1n) is 6.88. The van der Waals surface area contributed by atoms with Gasteiger partial charge in [0.1, 0.15) is 5.75 Å². The number of rotatable bonds is 8. The van der Waals surface area contributed by atoms with Gasteiger partial charge >= 0.3 is 0 Å². The first-order valence-corrected chi connectivity index (χ1v) is 6.88. The second-order valence-corrected chi connectivity index (χ2v) is 4.63. The van der Waals surface area contributed by atoms with Crippen LogP contribution in [0.1, 0.15) is 45.2 Å². The number of hydrogen-bond donors (Lipinski definition) is 2. The Kier molecular flexibility index (Phi) is 6.36. The van der Waals surface area contributed by atoms with Gasteiger partial charge in [0.15, 0.2) is 6.10 Å². The summed E-state index contributed by atoms with van der Waals surface area (Å²) in [6.45, 7) is 7.05. The normalized spacial score (nSPS) is 13.8. The molecule has 3 N–H and O–H groups in total. The number of amides is 1. The summed E-state index contributed by atoms with van der Waals surface area (Å²) in [6.07, 6.45) is 1.08. The average molecular weight is 264 g/mol. The predicted molar refractivity (Wildman–Crippen MR) is 77.1 cm³/mol. The summed E-state index contributed by atoms with van der Waals surface area (Å²) in [5.74, 6) is 0.302. The van der Waals surface area contributed by atoms with Crippen LogP contribution in [-0.4, -0.2) is 18.6 Å². The monoisotopic (exact) mass is 264 g/mol. The highest BCUT2D eigenvalue weighted by Crippen LogP contribution is 2.26. The number of nitrogens with two attached hydrogens (primary N) is 1. The molecule has 0 aromatic heterocycles. The number of carbonyl (C=O) groups excluding carboxylic acids is 1. The molecule has 19 heavy (non-hydrogen) atoms. The average Bonchev–Trinajstić information content (AvgIpc) is 2.42. The van der Waals surface area contributed by atoms with Crippen LogP contribution in [0.5, 0.6) is 5.75 Å². The number of para-hydroxylation sites is 1. The number of primary amides is 1. The van der Waals surface area contributed by atoms with E-state index in [9.17, 15) is 4.79 Å². The first kappa shape index (κ1) is 15.5. The molecule has 0 saturated carbocycles. The number of ether oxygens (including phenoxy) is 1. The van der Waals surface area contributed by atoms with Gasteiger partial charge in [-0.2, -0.15) is 0 Å². The van der Waals surface area contributed by atoms with Crippen LogP contribution >= 0.6 is 0 Å². The van der Waals surface area contributed by atoms with Crippen molar-refractivity contribution in [2.45, 2.75) is 45.8 Å². The molecular formula is C15H24N2O2. The van der Waals surface area contributed by atoms with E-state index in [1.165, 1.54) is 0 Å². The highest BCUT2D eigenvalue weighted by Gasteiger charge is 2.18. The fraction of sp³-hybridized carbons (Fsp3) is 0.533. The lowest BCUT2D eigenvalue weighted by atomic mass is 10.1. The summed E-state index contributed by atoms with van der Waals surface area (Å²) in [4.78, 5) is 11.3. The zero-order valence-electron chi connectivity index (χ0n) is 12.0. The van der Waals surface area contributed by atoms with Crippen molar-refractivity contribution in [3.63, 3.8) is 0 Å². The minimum atomic E-state index is -0.570. The third-order valence-electron chi connectivity index (χ3n) is 3.04. The van der Waals surface area contributed by atoms with Crippen LogP contribution in [-0.2, 0) is 4.79 Å². The lowest BCUT2D eigenvalue weighted by Gasteiger charge is -2.21. The predicted octanol–water partition coefficient (Wildman–Crippen LogP) is 2.39. The van der Waals surface area contributed by atoms with Crippen LogP contribution in [0, 0.1) is 0 Å². The summed E-state index contributed by atoms with van der Waals surface area (Å²) in [7, 11) is 0. The Morgan fingerprint density at radius 2 is 2.05 bits per heavy atom. The van der Waals surface area contributed by atoms with E-state index in [1.54, 1.807) is 0 Å². The van der Waals surface area contributed by atoms with Crippen LogP contribution in [0.3, 0.4) is 0 Å². The second kappa shape index (κ2) is 7.79. The van der Waals surface area contributed by atoms with Crippen LogP contribution in [0.25, 0.3) is 0 Å². The molecule has 2 atom stereocenters. The molecule has 0 bridgehead atoms. The summed E-state index contributed by atoms with van der Waals surface area (Å²) in [5, 5.41) is 3.41. The molecule has 4 heteroatoms. The van der Waals surface area contributed by atoms with Crippen LogP contribution in [0.4, 0.5) is 0 Å². The minimum absolute atomic E-state index is 0.182. The van der Waals surface area contributed by atoms with Crippen molar-refractivity contribution in [3.8, 4) is 5.75 Å². The van der Waals surface area contributed by atoms with Crippen molar-refractivity contribution >= 4 is 5.91 Å². The van der Waals surface area contributed by atoms with Crippen molar-refractivity contribution in [2.75, 3.05) is 6.54 Å². The van der Waals surface area contributed by atoms with Gasteiger partial charge in [0.2, 0.25) is 0 Å². The quantitative estimate of drug-likeness (QED) is 0.757. The molecule has 0 radical (unpaired) electrons. The fourth-order valence-corrected chi connectivity index (χ4v) is 1.91. The van der Waals surface area contributed by atoms with E-state index < -0.39 is 12.0 Å². The Morgan fingerprint density at radius 1 is 1.37 bits per heavy atom. The van der Waals surface area contributed by atoms with Crippen LogP contribution in [0.15, 0.2) is 24.3 Å². The second-order valence-electron chi connectivity index (χ2n) is 4.63. The SMILES string of the molecule is CCCNC(C)c1ccccc1OC(CC)C(N)=O. The first-order chi connectivity index (χ1) is 9.10. The number of hydrogen-bond acceptors (Lipinski definition) is 3. The third-order valence-corrected chi connectivity index (χ3v) is 3.04. The Balaban J connectivity index is 2.85. The molecule has 0 aliphatic rings. The number of carbonyl (C=O) groups is 1. The van der Waals surface area contributed by atoms with Gasteiger partial charge in [-0.05, 0) is 32.4 Å². The minimum Gasteiger partial charge on any atom is -0.480 e. The van der Waals surface area contributed by atoms with Crippen molar-refractivity contribution in [1.82, 2.24) is 5.32 Å². The van der Waals surface area contributed by atoms with Gasteiger partial charge in [0.05, 0.1) is 0 Å². The Bertz CT molecular complexity index is 407. The van der Waals surface area contributed by atoms with Crippen molar-refractivity contribution < 1.29 is 9.53 Å². The van der Waals surface area contributed by atoms with Gasteiger partial charge in [-0.25, -0.2) is 0 Å². The number of nitrogens with one attached hydrogen (secondary N) is 1. The highest BCUT2D eigenvalue weighted by molar-refractivity contribution is 5.79. The lowest BCUT2D eigenvalue weighted by Crippen LogP contribution is -2.33. The van der Waals surface area contributed by atoms with Gasteiger partial charge < -0.3 is 15.8 Å². The zero-order chi connectivity index (χ0) is 14.3. The fourth-order valence-electron chi connectivity index (χ4n) is 1.91. The molecule has 1 rings (SSSR count). The summed E-state index contributed by atoms with van der Waals surface area (Å²) >= 11 is 0. The van der Waals surface area contributed by atoms with Crippen molar-refractivity contribution in [3.05, 3.63) is 29.8 Å². The topological polar surface area (TPSA) is 64.3 Å². The highest BCUT2D eigenvalue weighted by atomic mass is 16.5. The van der Waals surface area contributed by atoms with Gasteiger partial charge in [0, 0.05) is 11.6 Å². The molecule has 4 nitrogen and oxygen atoms in total. The van der Waals surface area contributed by atoms with E-state index in [0.29, 0.717) is 6.42 Å². The van der Waals surface area contributed by atoms with E-state index in [4.69, 9.17) is 10.5 Å². The maximum absolute atomic E-state index is 11.3. The molecule has 1 aromatic carbocycles. The van der Waals surface area contributed by atoms with Crippen molar-refractivity contribution in [2.24, 2.45) is 5.73 Å². The Hall–Kier alpha value is -1.55. The molecule has 1 amide bonds. The van der Waals surface area contributed by atoms with Crippen molar-refractivity contribution in [1.29, 1.82) is 0 Å². The molecule has 0 spiro atoms. The zero-order valence-corrected chi connectivity index (χ0v) is 12.0. The van der Waals surface area contributed by atoms with E-state index in [0.717, 1.165) is 24.3 Å². The smallest absolute Gasteiger partial charge is 0.258 e. The van der Waals surface area contributed by atoms with E-state index in [-0.39, 0.29) is 6.04 Å². The maximum Gasteiger partial charge on any atom is 0.258 e. The molecule has 2 unspecified atom stereocenters. The summed E-state index contributed by atoms with van der Waals surface area (Å²) in [5.41, 5.74) is 6.37. The maximum atomic E-state index is 11.3. The standard InChI is InChI=1S/C15H24N2O2/c1-4-10-17-11(3)12-8-6-7-9-14(12)19-13(5-2)15(16)18/h6-9,11,13,17H,4-5,10H2,1-3H3,(H2,16,18). The molecule has 106 valence electrons. The van der Waals surface area contributed by atoms with Crippen LogP contribution in [0.2, 0.25) is 0 Å². The molecule has 1 aromatic rings. The molecule has 0 aliphatic heterocycles. The van der Waals surface area contributed by atoms with Gasteiger partial charge in [0.25, 0.3) is 5.91 Å². The lowest BCUT2D eigenvalue weighted by molar-refractivity contribution is -0.124. The van der Waals surface area contributed by atoms with Gasteiger partial charge in [-0.3, -0.25) is 4.79 Å². The van der Waals surface area contributed by atoms with Gasteiger partial charge in [-0.1, -0.05) is 32.0 Å². The Morgan fingerprint density at radius 3 is 2.63 bits per heavy atom.